The Kier molecular flexibility index (Phi) is 6.69. The lowest BCUT2D eigenvalue weighted by atomic mass is 10.1. The fourth-order valence-corrected chi connectivity index (χ4v) is 1.78. The molecule has 7 heteroatoms. The van der Waals surface area contributed by atoms with Crippen molar-refractivity contribution in [2.45, 2.75) is 51.4 Å². The molecule has 0 aliphatic carbocycles. The minimum Gasteiger partial charge on any atom is -0.458 e. The molecule has 1 rings (SSSR count). The maximum Gasteiger partial charge on any atom is 0.450 e. The van der Waals surface area contributed by atoms with E-state index in [0.29, 0.717) is 0 Å². The first-order valence-electron chi connectivity index (χ1n) is 7.37. The summed E-state index contributed by atoms with van der Waals surface area (Å²) in [5.74, 6) is -2.56. The van der Waals surface area contributed by atoms with Crippen molar-refractivity contribution in [1.29, 1.82) is 0 Å². The van der Waals surface area contributed by atoms with Gasteiger partial charge in [-0.15, -0.1) is 0 Å². The molecule has 132 valence electrons. The van der Waals surface area contributed by atoms with Crippen LogP contribution >= 0.6 is 0 Å². The number of nitrogens with zero attached hydrogens (tertiary/aromatic N) is 1. The summed E-state index contributed by atoms with van der Waals surface area (Å²) in [6.45, 7) is 5.05. The van der Waals surface area contributed by atoms with Crippen LogP contribution in [0.2, 0.25) is 0 Å². The van der Waals surface area contributed by atoms with Gasteiger partial charge >= 0.3 is 12.1 Å². The number of ether oxygens (including phenoxy) is 1. The fourth-order valence-electron chi connectivity index (χ4n) is 1.78. The maximum atomic E-state index is 12.2. The summed E-state index contributed by atoms with van der Waals surface area (Å²) in [6, 6.07) is 7.89. The van der Waals surface area contributed by atoms with E-state index in [2.05, 4.69) is 4.99 Å². The van der Waals surface area contributed by atoms with Gasteiger partial charge in [0.1, 0.15) is 5.60 Å². The molecule has 0 fully saturated rings. The monoisotopic (exact) mass is 343 g/mol. The lowest BCUT2D eigenvalue weighted by molar-refractivity contribution is -0.169. The normalized spacial score (nSPS) is 13.8. The number of esters is 1. The van der Waals surface area contributed by atoms with E-state index >= 15 is 0 Å². The van der Waals surface area contributed by atoms with Gasteiger partial charge in [0.25, 0.3) is 0 Å². The van der Waals surface area contributed by atoms with Crippen LogP contribution in [0.5, 0.6) is 0 Å². The summed E-state index contributed by atoms with van der Waals surface area (Å²) < 4.78 is 41.8. The second kappa shape index (κ2) is 8.08. The van der Waals surface area contributed by atoms with Crippen LogP contribution in [0.3, 0.4) is 0 Å². The van der Waals surface area contributed by atoms with Crippen molar-refractivity contribution in [2.24, 2.45) is 4.99 Å². The van der Waals surface area contributed by atoms with Crippen LogP contribution in [-0.4, -0.2) is 35.8 Å². The molecule has 0 aromatic heterocycles. The number of ketones is 1. The molecule has 0 unspecified atom stereocenters. The third-order valence-corrected chi connectivity index (χ3v) is 2.83. The molecule has 1 atom stereocenters. The number of alkyl halides is 3. The zero-order valence-electron chi connectivity index (χ0n) is 13.8. The van der Waals surface area contributed by atoms with Gasteiger partial charge in [-0.3, -0.25) is 9.79 Å². The molecule has 0 N–H and O–H groups in total. The Morgan fingerprint density at radius 1 is 1.17 bits per heavy atom. The molecule has 0 spiro atoms. The van der Waals surface area contributed by atoms with Crippen LogP contribution in [0.15, 0.2) is 35.3 Å². The van der Waals surface area contributed by atoms with Crippen molar-refractivity contribution >= 4 is 18.0 Å². The number of rotatable bonds is 6. The summed E-state index contributed by atoms with van der Waals surface area (Å²) in [6.07, 6.45) is -4.82. The fraction of sp³-hybridized carbons (Fsp3) is 0.471. The number of carbonyl (C=O) groups is 2. The number of carbonyl (C=O) groups excluding carboxylic acids is 2. The summed E-state index contributed by atoms with van der Waals surface area (Å²) in [4.78, 5) is 26.9. The summed E-state index contributed by atoms with van der Waals surface area (Å²) in [5, 5.41) is 0. The standard InChI is InChI=1S/C17H20F3NO3/c1-16(2,3)24-15(23)13(11-12-7-5-4-6-8-12)21-10-9-14(22)17(18,19)20/h4-8,10,13H,9,11H2,1-3H3/t13-/m1/s1. The molecule has 0 aliphatic heterocycles. The molecule has 0 amide bonds. The van der Waals surface area contributed by atoms with Crippen LogP contribution in [0.25, 0.3) is 0 Å². The Balaban J connectivity index is 2.84. The molecule has 1 aromatic rings. The SMILES string of the molecule is CC(C)(C)OC(=O)[C@@H](Cc1ccccc1)N=CCC(=O)C(F)(F)F. The Labute approximate surface area is 138 Å². The van der Waals surface area contributed by atoms with E-state index in [4.69, 9.17) is 4.74 Å². The maximum absolute atomic E-state index is 12.2. The van der Waals surface area contributed by atoms with Gasteiger partial charge in [0, 0.05) is 12.6 Å². The molecular weight excluding hydrogens is 323 g/mol. The third-order valence-electron chi connectivity index (χ3n) is 2.83. The van der Waals surface area contributed by atoms with E-state index in [0.717, 1.165) is 11.8 Å². The van der Waals surface area contributed by atoms with E-state index in [1.54, 1.807) is 51.1 Å². The van der Waals surface area contributed by atoms with Gasteiger partial charge in [-0.1, -0.05) is 30.3 Å². The molecule has 4 nitrogen and oxygen atoms in total. The van der Waals surface area contributed by atoms with Crippen molar-refractivity contribution in [1.82, 2.24) is 0 Å². The van der Waals surface area contributed by atoms with Crippen LogP contribution in [0.1, 0.15) is 32.8 Å². The molecule has 0 saturated carbocycles. The number of Topliss-reactive ketones (excluding diaryl/α,β-unsaturated/α-hetero) is 1. The largest absolute Gasteiger partial charge is 0.458 e. The lowest BCUT2D eigenvalue weighted by Gasteiger charge is -2.22. The van der Waals surface area contributed by atoms with Gasteiger partial charge in [0.15, 0.2) is 6.04 Å². The molecule has 0 heterocycles. The predicted molar refractivity (Wildman–Crippen MR) is 84.0 cm³/mol. The van der Waals surface area contributed by atoms with Crippen molar-refractivity contribution in [3.05, 3.63) is 35.9 Å². The number of benzene rings is 1. The highest BCUT2D eigenvalue weighted by molar-refractivity contribution is 5.95. The van der Waals surface area contributed by atoms with Crippen LogP contribution in [0.4, 0.5) is 13.2 Å². The number of hydrogen-bond acceptors (Lipinski definition) is 4. The minimum absolute atomic E-state index is 0.173. The van der Waals surface area contributed by atoms with Gasteiger partial charge in [-0.05, 0) is 26.3 Å². The summed E-state index contributed by atoms with van der Waals surface area (Å²) in [7, 11) is 0. The quantitative estimate of drug-likeness (QED) is 0.586. The van der Waals surface area contributed by atoms with Crippen molar-refractivity contribution in [3.8, 4) is 0 Å². The number of hydrogen-bond donors (Lipinski definition) is 0. The van der Waals surface area contributed by atoms with Gasteiger partial charge in [-0.25, -0.2) is 4.79 Å². The van der Waals surface area contributed by atoms with E-state index in [9.17, 15) is 22.8 Å². The Morgan fingerprint density at radius 3 is 2.25 bits per heavy atom. The summed E-state index contributed by atoms with van der Waals surface area (Å²) >= 11 is 0. The van der Waals surface area contributed by atoms with Crippen molar-refractivity contribution in [2.75, 3.05) is 0 Å². The highest BCUT2D eigenvalue weighted by atomic mass is 19.4. The Hall–Kier alpha value is -2.18. The molecule has 0 aliphatic rings. The topological polar surface area (TPSA) is 55.7 Å². The van der Waals surface area contributed by atoms with E-state index in [1.165, 1.54) is 0 Å². The molecule has 24 heavy (non-hydrogen) atoms. The van der Waals surface area contributed by atoms with Crippen LogP contribution in [-0.2, 0) is 20.7 Å². The zero-order valence-corrected chi connectivity index (χ0v) is 13.8. The number of halogens is 3. The van der Waals surface area contributed by atoms with Gasteiger partial charge in [0.05, 0.1) is 6.42 Å². The second-order valence-corrected chi connectivity index (χ2v) is 6.20. The Bertz CT molecular complexity index is 589. The first-order chi connectivity index (χ1) is 11.0. The van der Waals surface area contributed by atoms with Crippen LogP contribution < -0.4 is 0 Å². The second-order valence-electron chi connectivity index (χ2n) is 6.20. The predicted octanol–water partition coefficient (Wildman–Crippen LogP) is 3.53. The van der Waals surface area contributed by atoms with Crippen molar-refractivity contribution < 1.29 is 27.5 Å². The average molecular weight is 343 g/mol. The molecule has 1 aromatic carbocycles. The summed E-state index contributed by atoms with van der Waals surface area (Å²) in [5.41, 5.74) is 0.0382. The van der Waals surface area contributed by atoms with Gasteiger partial charge in [-0.2, -0.15) is 13.2 Å². The minimum atomic E-state index is -4.91. The molecule has 0 bridgehead atoms. The van der Waals surface area contributed by atoms with Gasteiger partial charge < -0.3 is 4.74 Å². The van der Waals surface area contributed by atoms with Crippen LogP contribution in [0, 0.1) is 0 Å². The highest BCUT2D eigenvalue weighted by Crippen LogP contribution is 2.17. The average Bonchev–Trinajstić information content (AvgIpc) is 2.44. The van der Waals surface area contributed by atoms with Gasteiger partial charge in [0.2, 0.25) is 5.78 Å². The van der Waals surface area contributed by atoms with E-state index in [-0.39, 0.29) is 6.42 Å². The van der Waals surface area contributed by atoms with E-state index in [1.807, 2.05) is 0 Å². The smallest absolute Gasteiger partial charge is 0.450 e. The van der Waals surface area contributed by atoms with Crippen molar-refractivity contribution in [3.63, 3.8) is 0 Å². The third kappa shape index (κ3) is 7.39. The zero-order chi connectivity index (χ0) is 18.4. The molecule has 0 radical (unpaired) electrons. The molecule has 0 saturated heterocycles. The Morgan fingerprint density at radius 2 is 1.75 bits per heavy atom. The lowest BCUT2D eigenvalue weighted by Crippen LogP contribution is -2.32. The van der Waals surface area contributed by atoms with E-state index < -0.39 is 36.0 Å². The molecular formula is C17H20F3NO3. The highest BCUT2D eigenvalue weighted by Gasteiger charge is 2.37. The number of aliphatic imine (C=N–C) groups is 1. The first-order valence-corrected chi connectivity index (χ1v) is 7.37. The first kappa shape index (κ1) is 19.9.